The molecule has 1 aromatic carbocycles. The van der Waals surface area contributed by atoms with Crippen LogP contribution in [0.25, 0.3) is 0 Å². The maximum atomic E-state index is 13.4. The molecule has 2 aliphatic heterocycles. The number of aromatic hydroxyl groups is 1. The van der Waals surface area contributed by atoms with E-state index < -0.39 is 5.91 Å². The van der Waals surface area contributed by atoms with Gasteiger partial charge in [-0.15, -0.1) is 0 Å². The lowest BCUT2D eigenvalue weighted by molar-refractivity contribution is 0.0953. The van der Waals surface area contributed by atoms with E-state index in [0.717, 1.165) is 29.9 Å². The molecule has 5 rings (SSSR count). The quantitative estimate of drug-likeness (QED) is 0.153. The standard InChI is InChI=1S/C24H24Cl2N6O4S/c1-11(17-3-2-8-36-17)28-21(27)19-22(34)31-37-23(19)29-12-4-5-16(33)14(9-12)24(35)32-7-6-13-15(32)10-18(25)30-20(13)26/h4-5,9-11,17,29,33H,2-3,6-8H2,1H3,(H2,27,28)(H,31,34). The van der Waals surface area contributed by atoms with Gasteiger partial charge in [0.15, 0.2) is 0 Å². The maximum absolute atomic E-state index is 13.4. The number of carbonyl (C=O) groups excluding carboxylic acids is 1. The molecule has 0 aliphatic carbocycles. The number of nitrogens with zero attached hydrogens (tertiary/aromatic N) is 3. The van der Waals surface area contributed by atoms with Crippen LogP contribution in [0.1, 0.15) is 41.3 Å². The molecular weight excluding hydrogens is 539 g/mol. The van der Waals surface area contributed by atoms with Crippen molar-refractivity contribution < 1.29 is 14.6 Å². The van der Waals surface area contributed by atoms with Crippen LogP contribution < -0.4 is 21.5 Å². The van der Waals surface area contributed by atoms with Crippen LogP contribution in [0.3, 0.4) is 0 Å². The van der Waals surface area contributed by atoms with E-state index in [-0.39, 0.29) is 50.7 Å². The minimum Gasteiger partial charge on any atom is -0.507 e. The number of rotatable bonds is 6. The van der Waals surface area contributed by atoms with Crippen LogP contribution in [0.15, 0.2) is 34.1 Å². The summed E-state index contributed by atoms with van der Waals surface area (Å²) in [6, 6.07) is 5.89. The van der Waals surface area contributed by atoms with Gasteiger partial charge >= 0.3 is 0 Å². The Hall–Kier alpha value is -3.12. The van der Waals surface area contributed by atoms with Gasteiger partial charge in [0.1, 0.15) is 32.5 Å². The minimum absolute atomic E-state index is 0.0328. The fourth-order valence-electron chi connectivity index (χ4n) is 4.56. The van der Waals surface area contributed by atoms with Crippen LogP contribution in [0.5, 0.6) is 5.75 Å². The molecule has 1 saturated heterocycles. The summed E-state index contributed by atoms with van der Waals surface area (Å²) in [6.45, 7) is 2.96. The Morgan fingerprint density at radius 1 is 1.41 bits per heavy atom. The molecule has 2 aliphatic rings. The Morgan fingerprint density at radius 2 is 2.22 bits per heavy atom. The predicted molar refractivity (Wildman–Crippen MR) is 145 cm³/mol. The van der Waals surface area contributed by atoms with Gasteiger partial charge < -0.3 is 25.8 Å². The van der Waals surface area contributed by atoms with Gasteiger partial charge in [0.2, 0.25) is 0 Å². The van der Waals surface area contributed by atoms with E-state index in [9.17, 15) is 14.7 Å². The number of amidine groups is 1. The molecule has 13 heteroatoms. The Labute approximate surface area is 226 Å². The lowest BCUT2D eigenvalue weighted by Gasteiger charge is -2.19. The smallest absolute Gasteiger partial charge is 0.271 e. The van der Waals surface area contributed by atoms with E-state index in [4.69, 9.17) is 33.7 Å². The number of hydrogen-bond acceptors (Lipinski definition) is 8. The number of H-pyrrole nitrogens is 1. The molecule has 0 saturated carbocycles. The largest absolute Gasteiger partial charge is 0.507 e. The third kappa shape index (κ3) is 5.04. The van der Waals surface area contributed by atoms with Crippen LogP contribution in [0, 0.1) is 0 Å². The van der Waals surface area contributed by atoms with Gasteiger partial charge in [-0.05, 0) is 62.0 Å². The average Bonchev–Trinajstić information content (AvgIpc) is 3.60. The summed E-state index contributed by atoms with van der Waals surface area (Å²) < 4.78 is 8.35. The molecule has 1 fully saturated rings. The zero-order valence-corrected chi connectivity index (χ0v) is 22.1. The first kappa shape index (κ1) is 25.5. The summed E-state index contributed by atoms with van der Waals surface area (Å²) in [5.41, 5.74) is 7.89. The van der Waals surface area contributed by atoms with Gasteiger partial charge in [0.25, 0.3) is 11.5 Å². The van der Waals surface area contributed by atoms with E-state index in [0.29, 0.717) is 35.9 Å². The minimum atomic E-state index is -0.424. The summed E-state index contributed by atoms with van der Waals surface area (Å²) in [4.78, 5) is 36.0. The van der Waals surface area contributed by atoms with Crippen LogP contribution in [-0.4, -0.2) is 51.5 Å². The molecule has 4 heterocycles. The number of carbonyl (C=O) groups is 1. The molecule has 5 N–H and O–H groups in total. The third-order valence-corrected chi connectivity index (χ3v) is 7.73. The summed E-state index contributed by atoms with van der Waals surface area (Å²) in [5.74, 6) is -0.518. The Balaban J connectivity index is 1.41. The molecule has 2 atom stereocenters. The van der Waals surface area contributed by atoms with Gasteiger partial charge in [-0.3, -0.25) is 19.0 Å². The molecule has 2 aromatic heterocycles. The molecule has 0 bridgehead atoms. The number of hydrogen-bond donors (Lipinski definition) is 4. The summed E-state index contributed by atoms with van der Waals surface area (Å²) >= 11 is 13.3. The third-order valence-electron chi connectivity index (χ3n) is 6.43. The molecule has 10 nitrogen and oxygen atoms in total. The van der Waals surface area contributed by atoms with Gasteiger partial charge in [0, 0.05) is 24.4 Å². The van der Waals surface area contributed by atoms with Gasteiger partial charge in [-0.1, -0.05) is 23.2 Å². The van der Waals surface area contributed by atoms with Crippen LogP contribution in [0.2, 0.25) is 10.3 Å². The number of amides is 1. The molecule has 2 unspecified atom stereocenters. The van der Waals surface area contributed by atoms with Crippen LogP contribution >= 0.6 is 34.7 Å². The van der Waals surface area contributed by atoms with Crippen LogP contribution in [0.4, 0.5) is 16.4 Å². The number of fused-ring (bicyclic) bond motifs is 1. The number of aromatic nitrogens is 2. The number of nitrogens with two attached hydrogens (primary N) is 1. The number of ether oxygens (including phenoxy) is 1. The van der Waals surface area contributed by atoms with Crippen molar-refractivity contribution in [3.05, 3.63) is 61.6 Å². The monoisotopic (exact) mass is 562 g/mol. The lowest BCUT2D eigenvalue weighted by Crippen LogP contribution is -2.29. The highest BCUT2D eigenvalue weighted by Crippen LogP contribution is 2.37. The van der Waals surface area contributed by atoms with Crippen molar-refractivity contribution >= 4 is 62.9 Å². The number of nitrogens with one attached hydrogen (secondary N) is 2. The van der Waals surface area contributed by atoms with Crippen molar-refractivity contribution in [2.24, 2.45) is 10.7 Å². The first-order chi connectivity index (χ1) is 17.7. The van der Waals surface area contributed by atoms with E-state index in [1.807, 2.05) is 6.92 Å². The number of aliphatic imine (C=N–C) groups is 1. The molecule has 0 spiro atoms. The summed E-state index contributed by atoms with van der Waals surface area (Å²) in [5, 5.41) is 14.5. The molecule has 1 amide bonds. The first-order valence-electron chi connectivity index (χ1n) is 11.7. The summed E-state index contributed by atoms with van der Waals surface area (Å²) in [7, 11) is 0. The Bertz CT molecular complexity index is 1450. The number of aromatic amines is 1. The highest BCUT2D eigenvalue weighted by molar-refractivity contribution is 7.10. The zero-order chi connectivity index (χ0) is 26.3. The van der Waals surface area contributed by atoms with Crippen molar-refractivity contribution in [3.8, 4) is 5.75 Å². The number of phenols is 1. The fourth-order valence-corrected chi connectivity index (χ4v) is 5.84. The molecule has 0 radical (unpaired) electrons. The number of benzene rings is 1. The SMILES string of the molecule is CC(N=C(N)c1c(Nc2ccc(O)c(C(=O)N3CCc4c3cc(Cl)nc4Cl)c2)s[nH]c1=O)C1CCCO1. The van der Waals surface area contributed by atoms with Gasteiger partial charge in [0.05, 0.1) is 23.4 Å². The topological polar surface area (TPSA) is 146 Å². The van der Waals surface area contributed by atoms with Crippen molar-refractivity contribution in [3.63, 3.8) is 0 Å². The molecule has 37 heavy (non-hydrogen) atoms. The number of anilines is 3. The van der Waals surface area contributed by atoms with Gasteiger partial charge in [-0.25, -0.2) is 4.98 Å². The lowest BCUT2D eigenvalue weighted by atomic mass is 10.1. The highest BCUT2D eigenvalue weighted by atomic mass is 35.5. The maximum Gasteiger partial charge on any atom is 0.271 e. The number of pyridine rings is 1. The van der Waals surface area contributed by atoms with E-state index in [1.54, 1.807) is 12.1 Å². The number of phenolic OH excluding ortho intramolecular Hbond substituents is 1. The molecular formula is C24H24Cl2N6O4S. The second-order valence-corrected chi connectivity index (χ2v) is 10.4. The average molecular weight is 563 g/mol. The molecule has 194 valence electrons. The van der Waals surface area contributed by atoms with E-state index in [1.165, 1.54) is 17.0 Å². The highest BCUT2D eigenvalue weighted by Gasteiger charge is 2.30. The first-order valence-corrected chi connectivity index (χ1v) is 13.2. The van der Waals surface area contributed by atoms with Crippen molar-refractivity contribution in [1.29, 1.82) is 0 Å². The van der Waals surface area contributed by atoms with E-state index >= 15 is 0 Å². The predicted octanol–water partition coefficient (Wildman–Crippen LogP) is 4.06. The zero-order valence-electron chi connectivity index (χ0n) is 19.8. The van der Waals surface area contributed by atoms with Crippen molar-refractivity contribution in [1.82, 2.24) is 9.36 Å². The van der Waals surface area contributed by atoms with Gasteiger partial charge in [-0.2, -0.15) is 0 Å². The number of halogens is 2. The van der Waals surface area contributed by atoms with Crippen molar-refractivity contribution in [2.45, 2.75) is 38.3 Å². The second kappa shape index (κ2) is 10.3. The Morgan fingerprint density at radius 3 is 2.97 bits per heavy atom. The van der Waals surface area contributed by atoms with Crippen molar-refractivity contribution in [2.75, 3.05) is 23.4 Å². The Kier molecular flexibility index (Phi) is 7.13. The fraction of sp³-hybridized carbons (Fsp3) is 0.333. The second-order valence-electron chi connectivity index (χ2n) is 8.84. The van der Waals surface area contributed by atoms with E-state index in [2.05, 4.69) is 19.7 Å². The van der Waals surface area contributed by atoms with Crippen LogP contribution in [-0.2, 0) is 11.2 Å². The molecule has 3 aromatic rings. The summed E-state index contributed by atoms with van der Waals surface area (Å²) in [6.07, 6.45) is 2.35. The normalized spacial score (nSPS) is 18.2.